The maximum atomic E-state index is 12.9. The Morgan fingerprint density at radius 3 is 2.35 bits per heavy atom. The Morgan fingerprint density at radius 1 is 0.912 bits per heavy atom. The van der Waals surface area contributed by atoms with E-state index in [-0.39, 0.29) is 10.8 Å². The molecule has 8 nitrogen and oxygen atoms in total. The van der Waals surface area contributed by atoms with Crippen LogP contribution >= 0.6 is 0 Å². The fourth-order valence-electron chi connectivity index (χ4n) is 4.57. The van der Waals surface area contributed by atoms with Crippen molar-refractivity contribution in [2.45, 2.75) is 37.5 Å². The van der Waals surface area contributed by atoms with E-state index >= 15 is 0 Å². The predicted molar refractivity (Wildman–Crippen MR) is 133 cm³/mol. The van der Waals surface area contributed by atoms with Crippen LogP contribution in [0.25, 0.3) is 11.3 Å². The summed E-state index contributed by atoms with van der Waals surface area (Å²) in [6, 6.07) is 15.9. The van der Waals surface area contributed by atoms with E-state index in [4.69, 9.17) is 0 Å². The lowest BCUT2D eigenvalue weighted by molar-refractivity contribution is -0.116. The molecule has 2 aliphatic heterocycles. The summed E-state index contributed by atoms with van der Waals surface area (Å²) in [5.74, 6) is 0.854. The van der Waals surface area contributed by atoms with Crippen LogP contribution in [0.5, 0.6) is 0 Å². The van der Waals surface area contributed by atoms with Crippen molar-refractivity contribution in [2.75, 3.05) is 34.2 Å². The summed E-state index contributed by atoms with van der Waals surface area (Å²) in [7, 11) is -3.76. The second-order valence-electron chi connectivity index (χ2n) is 8.72. The highest BCUT2D eigenvalue weighted by Gasteiger charge is 2.25. The highest BCUT2D eigenvalue weighted by atomic mass is 32.2. The van der Waals surface area contributed by atoms with Crippen molar-refractivity contribution < 1.29 is 13.2 Å². The Bertz CT molecular complexity index is 1300. The standard InChI is InChI=1S/C25H27N5O3S/c1-18(31)30-16-13-20-17-22(9-11-24(20)30)34(32,33)28-21-7-5-19(6-8-21)23-10-12-25(27-26-23)29-14-3-2-4-15-29/h5-12,17,28H,2-4,13-16H2,1H3. The summed E-state index contributed by atoms with van der Waals surface area (Å²) in [5.41, 5.74) is 3.71. The number of nitrogens with zero attached hydrogens (tertiary/aromatic N) is 4. The van der Waals surface area contributed by atoms with Gasteiger partial charge in [-0.3, -0.25) is 9.52 Å². The van der Waals surface area contributed by atoms with Crippen molar-refractivity contribution in [1.82, 2.24) is 10.2 Å². The summed E-state index contributed by atoms with van der Waals surface area (Å²) in [6.07, 6.45) is 4.28. The number of sulfonamides is 1. The first-order valence-electron chi connectivity index (χ1n) is 11.5. The largest absolute Gasteiger partial charge is 0.355 e. The molecule has 1 fully saturated rings. The van der Waals surface area contributed by atoms with Gasteiger partial charge in [0.15, 0.2) is 5.82 Å². The van der Waals surface area contributed by atoms with Crippen LogP contribution < -0.4 is 14.5 Å². The molecule has 0 atom stereocenters. The molecule has 34 heavy (non-hydrogen) atoms. The summed E-state index contributed by atoms with van der Waals surface area (Å²) >= 11 is 0. The minimum Gasteiger partial charge on any atom is -0.355 e. The fourth-order valence-corrected chi connectivity index (χ4v) is 5.68. The van der Waals surface area contributed by atoms with Gasteiger partial charge in [-0.25, -0.2) is 8.42 Å². The van der Waals surface area contributed by atoms with Gasteiger partial charge in [-0.05, 0) is 73.7 Å². The molecule has 3 aromatic rings. The fraction of sp³-hybridized carbons (Fsp3) is 0.320. The minimum absolute atomic E-state index is 0.0432. The van der Waals surface area contributed by atoms with E-state index in [1.807, 2.05) is 24.3 Å². The molecular weight excluding hydrogens is 450 g/mol. The lowest BCUT2D eigenvalue weighted by Crippen LogP contribution is -2.30. The Labute approximate surface area is 199 Å². The quantitative estimate of drug-likeness (QED) is 0.600. The lowest BCUT2D eigenvalue weighted by Gasteiger charge is -2.27. The number of anilines is 3. The number of amides is 1. The smallest absolute Gasteiger partial charge is 0.261 e. The molecule has 1 amide bonds. The third-order valence-electron chi connectivity index (χ3n) is 6.40. The van der Waals surface area contributed by atoms with Gasteiger partial charge in [-0.15, -0.1) is 10.2 Å². The van der Waals surface area contributed by atoms with Crippen molar-refractivity contribution in [3.63, 3.8) is 0 Å². The zero-order chi connectivity index (χ0) is 23.7. The molecule has 1 aromatic heterocycles. The van der Waals surface area contributed by atoms with E-state index in [1.54, 1.807) is 29.2 Å². The first kappa shape index (κ1) is 22.3. The maximum Gasteiger partial charge on any atom is 0.261 e. The molecule has 3 heterocycles. The monoisotopic (exact) mass is 477 g/mol. The molecule has 5 rings (SSSR count). The summed E-state index contributed by atoms with van der Waals surface area (Å²) in [5, 5.41) is 8.75. The van der Waals surface area contributed by atoms with Crippen molar-refractivity contribution in [2.24, 2.45) is 0 Å². The van der Waals surface area contributed by atoms with Gasteiger partial charge in [0.05, 0.1) is 10.6 Å². The Hall–Kier alpha value is -3.46. The van der Waals surface area contributed by atoms with Crippen LogP contribution in [-0.4, -0.2) is 44.2 Å². The van der Waals surface area contributed by atoms with Crippen molar-refractivity contribution in [3.05, 3.63) is 60.2 Å². The number of fused-ring (bicyclic) bond motifs is 1. The van der Waals surface area contributed by atoms with E-state index in [1.165, 1.54) is 32.3 Å². The van der Waals surface area contributed by atoms with E-state index < -0.39 is 10.0 Å². The number of hydrogen-bond acceptors (Lipinski definition) is 6. The topological polar surface area (TPSA) is 95.5 Å². The van der Waals surface area contributed by atoms with Gasteiger partial charge in [-0.1, -0.05) is 12.1 Å². The van der Waals surface area contributed by atoms with Crippen LogP contribution in [-0.2, 0) is 21.2 Å². The number of carbonyl (C=O) groups is 1. The van der Waals surface area contributed by atoms with Gasteiger partial charge in [0, 0.05) is 43.5 Å². The van der Waals surface area contributed by atoms with Gasteiger partial charge in [0.25, 0.3) is 10.0 Å². The highest BCUT2D eigenvalue weighted by Crippen LogP contribution is 2.31. The Kier molecular flexibility index (Phi) is 5.95. The molecule has 0 saturated carbocycles. The maximum absolute atomic E-state index is 12.9. The zero-order valence-corrected chi connectivity index (χ0v) is 19.9. The average Bonchev–Trinajstić information content (AvgIpc) is 3.29. The molecule has 1 N–H and O–H groups in total. The molecular formula is C25H27N5O3S. The summed E-state index contributed by atoms with van der Waals surface area (Å²) < 4.78 is 28.5. The number of carbonyl (C=O) groups excluding carboxylic acids is 1. The molecule has 9 heteroatoms. The zero-order valence-electron chi connectivity index (χ0n) is 19.1. The number of hydrogen-bond donors (Lipinski definition) is 1. The van der Waals surface area contributed by atoms with Crippen molar-refractivity contribution in [1.29, 1.82) is 0 Å². The van der Waals surface area contributed by atoms with Gasteiger partial charge in [0.1, 0.15) is 0 Å². The molecule has 0 spiro atoms. The number of piperidine rings is 1. The van der Waals surface area contributed by atoms with Gasteiger partial charge in [-0.2, -0.15) is 0 Å². The molecule has 2 aromatic carbocycles. The van der Waals surface area contributed by atoms with E-state index in [2.05, 4.69) is 19.8 Å². The molecule has 1 saturated heterocycles. The molecule has 2 aliphatic rings. The number of rotatable bonds is 5. The van der Waals surface area contributed by atoms with E-state index in [9.17, 15) is 13.2 Å². The molecule has 0 aliphatic carbocycles. The molecule has 0 bridgehead atoms. The number of benzene rings is 2. The van der Waals surface area contributed by atoms with Crippen LogP contribution in [0, 0.1) is 0 Å². The normalized spacial score (nSPS) is 15.8. The number of aromatic nitrogens is 2. The second-order valence-corrected chi connectivity index (χ2v) is 10.4. The summed E-state index contributed by atoms with van der Waals surface area (Å²) in [4.78, 5) is 15.8. The van der Waals surface area contributed by atoms with Crippen LogP contribution in [0.2, 0.25) is 0 Å². The minimum atomic E-state index is -3.76. The average molecular weight is 478 g/mol. The van der Waals surface area contributed by atoms with Gasteiger partial charge < -0.3 is 9.80 Å². The predicted octanol–water partition coefficient (Wildman–Crippen LogP) is 3.84. The molecule has 0 radical (unpaired) electrons. The third kappa shape index (κ3) is 4.48. The van der Waals surface area contributed by atoms with E-state index in [0.29, 0.717) is 18.7 Å². The summed E-state index contributed by atoms with van der Waals surface area (Å²) in [6.45, 7) is 4.12. The van der Waals surface area contributed by atoms with Crippen LogP contribution in [0.1, 0.15) is 31.7 Å². The first-order chi connectivity index (χ1) is 16.4. The van der Waals surface area contributed by atoms with Crippen molar-refractivity contribution >= 4 is 33.1 Å². The Morgan fingerprint density at radius 2 is 1.68 bits per heavy atom. The van der Waals surface area contributed by atoms with Crippen LogP contribution in [0.3, 0.4) is 0 Å². The van der Waals surface area contributed by atoms with Gasteiger partial charge >= 0.3 is 0 Å². The molecule has 0 unspecified atom stereocenters. The first-order valence-corrected chi connectivity index (χ1v) is 13.0. The highest BCUT2D eigenvalue weighted by molar-refractivity contribution is 7.92. The lowest BCUT2D eigenvalue weighted by atomic mass is 10.1. The second kappa shape index (κ2) is 9.06. The number of nitrogens with one attached hydrogen (secondary N) is 1. The third-order valence-corrected chi connectivity index (χ3v) is 7.78. The van der Waals surface area contributed by atoms with Crippen LogP contribution in [0.15, 0.2) is 59.5 Å². The Balaban J connectivity index is 1.29. The van der Waals surface area contributed by atoms with Crippen LogP contribution in [0.4, 0.5) is 17.2 Å². The SMILES string of the molecule is CC(=O)N1CCc2cc(S(=O)(=O)Nc3ccc(-c4ccc(N5CCCCC5)nn4)cc3)ccc21. The van der Waals surface area contributed by atoms with E-state index in [0.717, 1.165) is 41.4 Å². The van der Waals surface area contributed by atoms with Crippen molar-refractivity contribution in [3.8, 4) is 11.3 Å². The van der Waals surface area contributed by atoms with Gasteiger partial charge in [0.2, 0.25) is 5.91 Å². The molecule has 176 valence electrons.